The highest BCUT2D eigenvalue weighted by molar-refractivity contribution is 5.16. The molecule has 0 heterocycles. The predicted octanol–water partition coefficient (Wildman–Crippen LogP) is 1.52. The fraction of sp³-hybridized carbons (Fsp3) is 0.625. The van der Waals surface area contributed by atoms with Crippen LogP contribution >= 0.6 is 0 Å². The van der Waals surface area contributed by atoms with Gasteiger partial charge in [0.25, 0.3) is 0 Å². The number of nitrogens with one attached hydrogen (secondary N) is 1. The molecule has 0 aromatic heterocycles. The van der Waals surface area contributed by atoms with E-state index in [-0.39, 0.29) is 6.10 Å². The van der Waals surface area contributed by atoms with Crippen LogP contribution in [0.2, 0.25) is 0 Å². The molecule has 2 rings (SSSR count). The van der Waals surface area contributed by atoms with Crippen LogP contribution in [0.3, 0.4) is 0 Å². The van der Waals surface area contributed by atoms with Gasteiger partial charge in [0.1, 0.15) is 0 Å². The third-order valence-electron chi connectivity index (χ3n) is 3.68. The molecule has 0 saturated heterocycles. The van der Waals surface area contributed by atoms with Crippen LogP contribution in [-0.4, -0.2) is 49.3 Å². The van der Waals surface area contributed by atoms with Crippen molar-refractivity contribution in [2.75, 3.05) is 27.2 Å². The first-order chi connectivity index (χ1) is 9.15. The Hall–Kier alpha value is -0.900. The molecule has 2 unspecified atom stereocenters. The second-order valence-electron chi connectivity index (χ2n) is 5.96. The lowest BCUT2D eigenvalue weighted by Crippen LogP contribution is -2.41. The van der Waals surface area contributed by atoms with Gasteiger partial charge in [-0.25, -0.2) is 0 Å². The third kappa shape index (κ3) is 5.31. The van der Waals surface area contributed by atoms with Gasteiger partial charge in [0, 0.05) is 19.1 Å². The van der Waals surface area contributed by atoms with Gasteiger partial charge in [0.2, 0.25) is 0 Å². The van der Waals surface area contributed by atoms with Gasteiger partial charge in [0.05, 0.1) is 6.10 Å². The number of likely N-dealkylation sites (N-methyl/N-ethyl adjacent to an activating group) is 1. The number of hydrogen-bond donors (Lipinski definition) is 2. The molecule has 1 aliphatic rings. The largest absolute Gasteiger partial charge is 0.390 e. The molecule has 2 atom stereocenters. The number of aliphatic hydroxyl groups is 1. The van der Waals surface area contributed by atoms with Crippen molar-refractivity contribution in [1.29, 1.82) is 0 Å². The maximum atomic E-state index is 9.93. The zero-order valence-corrected chi connectivity index (χ0v) is 12.0. The number of nitrogens with zero attached hydrogens (tertiary/aromatic N) is 1. The highest BCUT2D eigenvalue weighted by atomic mass is 16.3. The SMILES string of the molecule is CN(C)CC(O)CNC(Cc1ccccc1)C1CC1. The van der Waals surface area contributed by atoms with Crippen molar-refractivity contribution >= 4 is 0 Å². The van der Waals surface area contributed by atoms with Crippen LogP contribution in [0.5, 0.6) is 0 Å². The van der Waals surface area contributed by atoms with Gasteiger partial charge < -0.3 is 15.3 Å². The van der Waals surface area contributed by atoms with E-state index in [0.29, 0.717) is 12.6 Å². The van der Waals surface area contributed by atoms with Crippen LogP contribution in [0.15, 0.2) is 30.3 Å². The van der Waals surface area contributed by atoms with Gasteiger partial charge in [0.15, 0.2) is 0 Å². The molecule has 0 aliphatic heterocycles. The quantitative estimate of drug-likeness (QED) is 0.745. The van der Waals surface area contributed by atoms with Gasteiger partial charge in [-0.15, -0.1) is 0 Å². The molecule has 1 aromatic carbocycles. The lowest BCUT2D eigenvalue weighted by Gasteiger charge is -2.22. The molecule has 1 fully saturated rings. The molecule has 2 N–H and O–H groups in total. The second-order valence-corrected chi connectivity index (χ2v) is 5.96. The van der Waals surface area contributed by atoms with Crippen LogP contribution in [-0.2, 0) is 6.42 Å². The average molecular weight is 262 g/mol. The van der Waals surface area contributed by atoms with Gasteiger partial charge in [-0.05, 0) is 44.8 Å². The van der Waals surface area contributed by atoms with Crippen LogP contribution in [0, 0.1) is 5.92 Å². The van der Waals surface area contributed by atoms with Crippen LogP contribution < -0.4 is 5.32 Å². The van der Waals surface area contributed by atoms with E-state index in [9.17, 15) is 5.11 Å². The summed E-state index contributed by atoms with van der Waals surface area (Å²) in [5.41, 5.74) is 1.38. The van der Waals surface area contributed by atoms with Crippen LogP contribution in [0.1, 0.15) is 18.4 Å². The summed E-state index contributed by atoms with van der Waals surface area (Å²) in [5.74, 6) is 0.798. The third-order valence-corrected chi connectivity index (χ3v) is 3.68. The van der Waals surface area contributed by atoms with Crippen molar-refractivity contribution in [2.45, 2.75) is 31.4 Å². The lowest BCUT2D eigenvalue weighted by atomic mass is 10.0. The summed E-state index contributed by atoms with van der Waals surface area (Å²) >= 11 is 0. The van der Waals surface area contributed by atoms with E-state index >= 15 is 0 Å². The molecular weight excluding hydrogens is 236 g/mol. The lowest BCUT2D eigenvalue weighted by molar-refractivity contribution is 0.130. The summed E-state index contributed by atoms with van der Waals surface area (Å²) in [6, 6.07) is 11.1. The van der Waals surface area contributed by atoms with Crippen molar-refractivity contribution in [3.05, 3.63) is 35.9 Å². The van der Waals surface area contributed by atoms with Gasteiger partial charge >= 0.3 is 0 Å². The molecule has 0 radical (unpaired) electrons. The average Bonchev–Trinajstić information content (AvgIpc) is 3.19. The Bertz CT molecular complexity index is 362. The van der Waals surface area contributed by atoms with Gasteiger partial charge in [-0.2, -0.15) is 0 Å². The van der Waals surface area contributed by atoms with E-state index < -0.39 is 0 Å². The molecule has 3 heteroatoms. The van der Waals surface area contributed by atoms with E-state index in [4.69, 9.17) is 0 Å². The zero-order valence-electron chi connectivity index (χ0n) is 12.0. The number of benzene rings is 1. The van der Waals surface area contributed by atoms with Gasteiger partial charge in [-0.1, -0.05) is 30.3 Å². The first-order valence-corrected chi connectivity index (χ1v) is 7.25. The molecule has 106 valence electrons. The maximum Gasteiger partial charge on any atom is 0.0791 e. The first-order valence-electron chi connectivity index (χ1n) is 7.25. The van der Waals surface area contributed by atoms with Crippen molar-refractivity contribution < 1.29 is 5.11 Å². The Balaban J connectivity index is 1.80. The number of aliphatic hydroxyl groups excluding tert-OH is 1. The molecule has 0 bridgehead atoms. The standard InChI is InChI=1S/C16H26N2O/c1-18(2)12-15(19)11-17-16(14-8-9-14)10-13-6-4-3-5-7-13/h3-7,14-17,19H,8-12H2,1-2H3. The fourth-order valence-electron chi connectivity index (χ4n) is 2.55. The monoisotopic (exact) mass is 262 g/mol. The minimum absolute atomic E-state index is 0.285. The first kappa shape index (κ1) is 14.5. The Labute approximate surface area is 116 Å². The number of hydrogen-bond acceptors (Lipinski definition) is 3. The predicted molar refractivity (Wildman–Crippen MR) is 79.2 cm³/mol. The molecule has 0 amide bonds. The summed E-state index contributed by atoms with van der Waals surface area (Å²) in [6.07, 6.45) is 3.44. The normalized spacial score (nSPS) is 18.5. The van der Waals surface area contributed by atoms with E-state index in [1.807, 2.05) is 19.0 Å². The molecular formula is C16H26N2O. The minimum Gasteiger partial charge on any atom is -0.390 e. The van der Waals surface area contributed by atoms with Gasteiger partial charge in [-0.3, -0.25) is 0 Å². The van der Waals surface area contributed by atoms with E-state index in [1.54, 1.807) is 0 Å². The summed E-state index contributed by atoms with van der Waals surface area (Å²) in [7, 11) is 3.98. The van der Waals surface area contributed by atoms with Crippen LogP contribution in [0.25, 0.3) is 0 Å². The summed E-state index contributed by atoms with van der Waals surface area (Å²) in [4.78, 5) is 2.02. The number of rotatable bonds is 8. The maximum absolute atomic E-state index is 9.93. The minimum atomic E-state index is -0.285. The Morgan fingerprint density at radius 2 is 1.95 bits per heavy atom. The Morgan fingerprint density at radius 1 is 1.26 bits per heavy atom. The van der Waals surface area contributed by atoms with Crippen molar-refractivity contribution in [1.82, 2.24) is 10.2 Å². The smallest absolute Gasteiger partial charge is 0.0791 e. The zero-order chi connectivity index (χ0) is 13.7. The highest BCUT2D eigenvalue weighted by Gasteiger charge is 2.31. The summed E-state index contributed by atoms with van der Waals surface area (Å²) in [6.45, 7) is 1.40. The Morgan fingerprint density at radius 3 is 2.53 bits per heavy atom. The Kier molecular flexibility index (Phi) is 5.37. The highest BCUT2D eigenvalue weighted by Crippen LogP contribution is 2.34. The van der Waals surface area contributed by atoms with E-state index in [0.717, 1.165) is 18.9 Å². The van der Waals surface area contributed by atoms with E-state index in [2.05, 4.69) is 35.6 Å². The van der Waals surface area contributed by atoms with Crippen molar-refractivity contribution in [3.8, 4) is 0 Å². The molecule has 0 spiro atoms. The van der Waals surface area contributed by atoms with Crippen molar-refractivity contribution in [3.63, 3.8) is 0 Å². The molecule has 1 aliphatic carbocycles. The molecule has 19 heavy (non-hydrogen) atoms. The molecule has 1 aromatic rings. The van der Waals surface area contributed by atoms with Crippen LogP contribution in [0.4, 0.5) is 0 Å². The topological polar surface area (TPSA) is 35.5 Å². The second kappa shape index (κ2) is 7.04. The fourth-order valence-corrected chi connectivity index (χ4v) is 2.55. The van der Waals surface area contributed by atoms with E-state index in [1.165, 1.54) is 18.4 Å². The van der Waals surface area contributed by atoms with Crippen molar-refractivity contribution in [2.24, 2.45) is 5.92 Å². The molecule has 1 saturated carbocycles. The summed E-state index contributed by atoms with van der Waals surface area (Å²) < 4.78 is 0. The molecule has 3 nitrogen and oxygen atoms in total. The summed E-state index contributed by atoms with van der Waals surface area (Å²) in [5, 5.41) is 13.5.